The molecule has 2 aromatic rings. The Hall–Kier alpha value is -1.54. The molecular weight excluding hydrogens is 336 g/mol. The molecule has 5 nitrogen and oxygen atoms in total. The fourth-order valence-corrected chi connectivity index (χ4v) is 3.39. The molecule has 0 bridgehead atoms. The lowest BCUT2D eigenvalue weighted by atomic mass is 10.0. The Morgan fingerprint density at radius 2 is 2.14 bits per heavy atom. The first-order valence-electron chi connectivity index (χ1n) is 6.54. The number of benzene rings is 1. The number of hydrogen-bond acceptors (Lipinski definition) is 4. The second-order valence-corrected chi connectivity index (χ2v) is 7.46. The van der Waals surface area contributed by atoms with Crippen LogP contribution in [0.15, 0.2) is 29.4 Å². The molecule has 1 aromatic carbocycles. The Morgan fingerprint density at radius 1 is 1.41 bits per heavy atom. The van der Waals surface area contributed by atoms with Crippen LogP contribution in [0.3, 0.4) is 0 Å². The van der Waals surface area contributed by atoms with Gasteiger partial charge in [-0.25, -0.2) is 18.1 Å². The van der Waals surface area contributed by atoms with Gasteiger partial charge in [0.1, 0.15) is 5.82 Å². The van der Waals surface area contributed by atoms with Crippen molar-refractivity contribution in [2.75, 3.05) is 0 Å². The second-order valence-electron chi connectivity index (χ2n) is 5.21. The fraction of sp³-hybridized carbons (Fsp3) is 0.385. The third kappa shape index (κ3) is 2.40. The van der Waals surface area contributed by atoms with Gasteiger partial charge < -0.3 is 0 Å². The van der Waals surface area contributed by atoms with Gasteiger partial charge in [-0.3, -0.25) is 0 Å². The molecular formula is C13H12ClF2N3O2S. The molecule has 0 saturated carbocycles. The Morgan fingerprint density at radius 3 is 2.77 bits per heavy atom. The molecule has 0 saturated heterocycles. The van der Waals surface area contributed by atoms with Crippen LogP contribution in [0.4, 0.5) is 8.78 Å². The maximum atomic E-state index is 12.6. The highest BCUT2D eigenvalue weighted by molar-refractivity contribution is 7.91. The van der Waals surface area contributed by atoms with Gasteiger partial charge in [-0.1, -0.05) is 30.7 Å². The molecule has 3 rings (SSSR count). The Bertz CT molecular complexity index is 822. The molecule has 0 N–H and O–H groups in total. The number of hydrogen-bond donors (Lipinski definition) is 0. The van der Waals surface area contributed by atoms with E-state index in [-0.39, 0.29) is 12.0 Å². The first kappa shape index (κ1) is 15.4. The lowest BCUT2D eigenvalue weighted by molar-refractivity contribution is 0.233. The number of fused-ring (bicyclic) bond motifs is 1. The number of alkyl halides is 2. The molecule has 0 unspecified atom stereocenters. The molecule has 2 heterocycles. The molecule has 0 radical (unpaired) electrons. The van der Waals surface area contributed by atoms with Crippen molar-refractivity contribution < 1.29 is 17.2 Å². The van der Waals surface area contributed by atoms with Crippen LogP contribution in [0, 0.1) is 0 Å². The summed E-state index contributed by atoms with van der Waals surface area (Å²) in [6.45, 7) is 1.85. The molecule has 0 aliphatic carbocycles. The highest BCUT2D eigenvalue weighted by atomic mass is 35.5. The summed E-state index contributed by atoms with van der Waals surface area (Å²) >= 11 is 5.97. The largest absolute Gasteiger partial charge is 0.344 e. The zero-order valence-electron chi connectivity index (χ0n) is 11.4. The molecule has 22 heavy (non-hydrogen) atoms. The van der Waals surface area contributed by atoms with Gasteiger partial charge in [-0.05, 0) is 24.1 Å². The van der Waals surface area contributed by atoms with Crippen LogP contribution in [-0.4, -0.2) is 28.9 Å². The van der Waals surface area contributed by atoms with Gasteiger partial charge in [0.15, 0.2) is 0 Å². The summed E-state index contributed by atoms with van der Waals surface area (Å²) in [5, 5.41) is 3.53. The number of halogens is 3. The van der Waals surface area contributed by atoms with E-state index in [4.69, 9.17) is 11.6 Å². The van der Waals surface area contributed by atoms with E-state index < -0.39 is 20.8 Å². The van der Waals surface area contributed by atoms with Crippen LogP contribution in [0.2, 0.25) is 5.02 Å². The summed E-state index contributed by atoms with van der Waals surface area (Å²) < 4.78 is 49.7. The monoisotopic (exact) mass is 347 g/mol. The topological polar surface area (TPSA) is 64.8 Å². The van der Waals surface area contributed by atoms with E-state index in [0.29, 0.717) is 17.3 Å². The number of nitrogens with zero attached hydrogens (tertiary/aromatic N) is 3. The molecule has 1 aliphatic rings. The van der Waals surface area contributed by atoms with Crippen molar-refractivity contribution in [3.63, 3.8) is 0 Å². The highest BCUT2D eigenvalue weighted by Crippen LogP contribution is 2.39. The van der Waals surface area contributed by atoms with E-state index in [0.717, 1.165) is 5.56 Å². The fourth-order valence-electron chi connectivity index (χ4n) is 2.61. The first-order valence-corrected chi connectivity index (χ1v) is 8.47. The lowest BCUT2D eigenvalue weighted by Gasteiger charge is -2.12. The summed E-state index contributed by atoms with van der Waals surface area (Å²) in [7, 11) is -4.79. The predicted molar refractivity (Wildman–Crippen MR) is 75.8 cm³/mol. The van der Waals surface area contributed by atoms with E-state index in [1.165, 1.54) is 4.68 Å². The first-order chi connectivity index (χ1) is 10.3. The predicted octanol–water partition coefficient (Wildman–Crippen LogP) is 3.02. The Balaban J connectivity index is 2.07. The van der Waals surface area contributed by atoms with Crippen molar-refractivity contribution in [2.45, 2.75) is 36.2 Å². The van der Waals surface area contributed by atoms with E-state index in [1.807, 2.05) is 13.0 Å². The van der Waals surface area contributed by atoms with Crippen molar-refractivity contribution in [1.29, 1.82) is 0 Å². The number of aromatic nitrogens is 3. The summed E-state index contributed by atoms with van der Waals surface area (Å²) in [5.74, 6) is -3.22. The number of rotatable bonds is 3. The summed E-state index contributed by atoms with van der Waals surface area (Å²) in [6.07, 6.45) is 0.657. The second kappa shape index (κ2) is 5.27. The number of sulfone groups is 1. The van der Waals surface area contributed by atoms with E-state index >= 15 is 0 Å². The average molecular weight is 348 g/mol. The quantitative estimate of drug-likeness (QED) is 0.856. The summed E-state index contributed by atoms with van der Waals surface area (Å²) in [6, 6.07) is 6.81. The molecule has 118 valence electrons. The van der Waals surface area contributed by atoms with Gasteiger partial charge in [-0.2, -0.15) is 8.78 Å². The van der Waals surface area contributed by atoms with Crippen LogP contribution >= 0.6 is 11.6 Å². The minimum Gasteiger partial charge on any atom is -0.241 e. The van der Waals surface area contributed by atoms with Crippen LogP contribution in [-0.2, 0) is 9.84 Å². The van der Waals surface area contributed by atoms with Gasteiger partial charge in [0.2, 0.25) is 0 Å². The molecule has 0 spiro atoms. The zero-order valence-corrected chi connectivity index (χ0v) is 13.0. The Labute approximate surface area is 130 Å². The molecule has 1 aliphatic heterocycles. The highest BCUT2D eigenvalue weighted by Gasteiger charge is 2.38. The third-order valence-corrected chi connectivity index (χ3v) is 5.06. The Kier molecular flexibility index (Phi) is 3.68. The maximum Gasteiger partial charge on any atom is 0.344 e. The summed E-state index contributed by atoms with van der Waals surface area (Å²) in [5.41, 5.74) is 0.837. The van der Waals surface area contributed by atoms with Crippen LogP contribution < -0.4 is 0 Å². The SMILES string of the molecule is C[C@H]1C[C@@H](c2cccc(Cl)c2)n2nc(S(=O)(=O)C(F)F)nc21. The lowest BCUT2D eigenvalue weighted by Crippen LogP contribution is -2.15. The minimum absolute atomic E-state index is 0.0851. The van der Waals surface area contributed by atoms with Gasteiger partial charge >= 0.3 is 5.76 Å². The maximum absolute atomic E-state index is 12.6. The van der Waals surface area contributed by atoms with Crippen LogP contribution in [0.5, 0.6) is 0 Å². The average Bonchev–Trinajstić information content (AvgIpc) is 3.00. The van der Waals surface area contributed by atoms with Crippen LogP contribution in [0.25, 0.3) is 0 Å². The van der Waals surface area contributed by atoms with E-state index in [9.17, 15) is 17.2 Å². The van der Waals surface area contributed by atoms with Crippen molar-refractivity contribution in [3.05, 3.63) is 40.7 Å². The van der Waals surface area contributed by atoms with E-state index in [1.54, 1.807) is 18.2 Å². The van der Waals surface area contributed by atoms with Crippen molar-refractivity contribution in [2.24, 2.45) is 0 Å². The van der Waals surface area contributed by atoms with Crippen molar-refractivity contribution in [1.82, 2.24) is 14.8 Å². The van der Waals surface area contributed by atoms with Gasteiger partial charge in [-0.15, -0.1) is 5.10 Å². The van der Waals surface area contributed by atoms with Crippen molar-refractivity contribution in [3.8, 4) is 0 Å². The summed E-state index contributed by atoms with van der Waals surface area (Å²) in [4.78, 5) is 3.81. The standard InChI is InChI=1S/C13H12ClF2N3O2S/c1-7-5-10(8-3-2-4-9(14)6-8)19-11(7)17-13(18-19)22(20,21)12(15)16/h2-4,6-7,10,12H,5H2,1H3/t7-,10-/m0/s1. The van der Waals surface area contributed by atoms with Gasteiger partial charge in [0, 0.05) is 10.9 Å². The third-order valence-electron chi connectivity index (χ3n) is 3.67. The molecule has 2 atom stereocenters. The van der Waals surface area contributed by atoms with Crippen LogP contribution in [0.1, 0.15) is 36.7 Å². The molecule has 0 amide bonds. The van der Waals surface area contributed by atoms with Crippen molar-refractivity contribution >= 4 is 21.4 Å². The van der Waals surface area contributed by atoms with E-state index in [2.05, 4.69) is 10.1 Å². The zero-order chi connectivity index (χ0) is 16.1. The van der Waals surface area contributed by atoms with Gasteiger partial charge in [0.25, 0.3) is 15.0 Å². The molecule has 1 aromatic heterocycles. The molecule has 9 heteroatoms. The van der Waals surface area contributed by atoms with Gasteiger partial charge in [0.05, 0.1) is 6.04 Å². The smallest absolute Gasteiger partial charge is 0.241 e. The molecule has 0 fully saturated rings. The normalized spacial score (nSPS) is 21.3. The minimum atomic E-state index is -4.79.